The summed E-state index contributed by atoms with van der Waals surface area (Å²) in [4.78, 5) is 24.4. The van der Waals surface area contributed by atoms with E-state index in [-0.39, 0.29) is 18.0 Å². The van der Waals surface area contributed by atoms with Crippen LogP contribution in [-0.2, 0) is 26.2 Å². The molecule has 1 aliphatic rings. The minimum Gasteiger partial charge on any atom is -0.497 e. The number of anilines is 1. The lowest BCUT2D eigenvalue weighted by atomic mass is 9.88. The van der Waals surface area contributed by atoms with Gasteiger partial charge in [0.05, 0.1) is 18.3 Å². The van der Waals surface area contributed by atoms with Gasteiger partial charge in [-0.2, -0.15) is 18.3 Å². The Bertz CT molecular complexity index is 1770. The summed E-state index contributed by atoms with van der Waals surface area (Å²) in [6.45, 7) is 2.48. The lowest BCUT2D eigenvalue weighted by Crippen LogP contribution is -2.38. The number of pyridine rings is 1. The summed E-state index contributed by atoms with van der Waals surface area (Å²) in [5.74, 6) is 1.09. The third-order valence-corrected chi connectivity index (χ3v) is 7.25. The van der Waals surface area contributed by atoms with Gasteiger partial charge in [0.25, 0.3) is 5.91 Å². The molecule has 4 heterocycles. The number of methoxy groups -OCH3 is 1. The van der Waals surface area contributed by atoms with Crippen LogP contribution in [0.4, 0.5) is 18.9 Å². The van der Waals surface area contributed by atoms with Crippen LogP contribution < -0.4 is 9.64 Å². The average Bonchev–Trinajstić information content (AvgIpc) is 3.53. The minimum atomic E-state index is -4.65. The Hall–Kier alpha value is -4.67. The number of amides is 1. The van der Waals surface area contributed by atoms with Crippen molar-refractivity contribution in [1.29, 1.82) is 0 Å². The van der Waals surface area contributed by atoms with E-state index in [2.05, 4.69) is 15.1 Å². The molecule has 11 heteroatoms. The van der Waals surface area contributed by atoms with Gasteiger partial charge in [-0.1, -0.05) is 0 Å². The molecule has 0 saturated heterocycles. The number of rotatable bonds is 5. The van der Waals surface area contributed by atoms with Crippen molar-refractivity contribution in [1.82, 2.24) is 24.3 Å². The highest BCUT2D eigenvalue weighted by atomic mass is 19.4. The van der Waals surface area contributed by atoms with Gasteiger partial charge in [0.15, 0.2) is 5.69 Å². The van der Waals surface area contributed by atoms with Gasteiger partial charge < -0.3 is 14.2 Å². The van der Waals surface area contributed by atoms with E-state index in [0.29, 0.717) is 52.2 Å². The molecule has 0 N–H and O–H groups in total. The molecule has 1 aliphatic heterocycles. The summed E-state index contributed by atoms with van der Waals surface area (Å²) < 4.78 is 50.5. The molecule has 6 rings (SSSR count). The fourth-order valence-electron chi connectivity index (χ4n) is 5.36. The minimum absolute atomic E-state index is 0.0456. The average molecular weight is 547 g/mol. The molecule has 0 spiro atoms. The standard InChI is InChI=1S/C29H25F3N6O2/c1-17-33-9-11-37(17)15-18-12-21(24-16-36(2)35-27(24)29(30,31)32)20-7-10-38(28(39)22(20)13-18)26-6-8-34-25-5-4-19(40-3)14-23(25)26/h4-6,8-9,11-14,16H,7,10,15H2,1-3H3. The van der Waals surface area contributed by atoms with Crippen molar-refractivity contribution in [3.63, 3.8) is 0 Å². The van der Waals surface area contributed by atoms with Gasteiger partial charge in [0.1, 0.15) is 11.6 Å². The number of nitrogens with zero attached hydrogens (tertiary/aromatic N) is 6. The first-order valence-corrected chi connectivity index (χ1v) is 12.6. The van der Waals surface area contributed by atoms with Gasteiger partial charge in [0.2, 0.25) is 0 Å². The van der Waals surface area contributed by atoms with Gasteiger partial charge in [-0.05, 0) is 66.4 Å². The number of hydrogen-bond donors (Lipinski definition) is 0. The molecule has 0 fully saturated rings. The van der Waals surface area contributed by atoms with Gasteiger partial charge in [0, 0.05) is 61.4 Å². The molecular formula is C29H25F3N6O2. The van der Waals surface area contributed by atoms with Gasteiger partial charge in [-0.15, -0.1) is 0 Å². The van der Waals surface area contributed by atoms with Crippen LogP contribution in [0.15, 0.2) is 61.2 Å². The van der Waals surface area contributed by atoms with E-state index in [9.17, 15) is 18.0 Å². The number of imidazole rings is 1. The van der Waals surface area contributed by atoms with Crippen molar-refractivity contribution in [2.75, 3.05) is 18.6 Å². The van der Waals surface area contributed by atoms with E-state index in [1.54, 1.807) is 54.9 Å². The SMILES string of the molecule is COc1ccc2nccc(N3CCc4c(cc(Cn5ccnc5C)cc4-c4cn(C)nc4C(F)(F)F)C3=O)c2c1. The van der Waals surface area contributed by atoms with Crippen LogP contribution in [0.3, 0.4) is 0 Å². The smallest absolute Gasteiger partial charge is 0.435 e. The Balaban J connectivity index is 1.52. The third kappa shape index (κ3) is 4.37. The molecule has 0 saturated carbocycles. The summed E-state index contributed by atoms with van der Waals surface area (Å²) >= 11 is 0. The lowest BCUT2D eigenvalue weighted by Gasteiger charge is -2.31. The second-order valence-electron chi connectivity index (χ2n) is 9.75. The van der Waals surface area contributed by atoms with Crippen LogP contribution in [0.25, 0.3) is 22.0 Å². The lowest BCUT2D eigenvalue weighted by molar-refractivity contribution is -0.140. The second kappa shape index (κ2) is 9.51. The van der Waals surface area contributed by atoms with Crippen LogP contribution >= 0.6 is 0 Å². The predicted molar refractivity (Wildman–Crippen MR) is 143 cm³/mol. The Morgan fingerprint density at radius 3 is 2.55 bits per heavy atom. The maximum atomic E-state index is 14.1. The summed E-state index contributed by atoms with van der Waals surface area (Å²) in [6, 6.07) is 10.7. The molecule has 0 radical (unpaired) electrons. The fraction of sp³-hybridized carbons (Fsp3) is 0.241. The number of halogens is 3. The molecule has 40 heavy (non-hydrogen) atoms. The third-order valence-electron chi connectivity index (χ3n) is 7.25. The number of ether oxygens (including phenoxy) is 1. The normalized spacial score (nSPS) is 13.7. The molecule has 8 nitrogen and oxygen atoms in total. The highest BCUT2D eigenvalue weighted by molar-refractivity contribution is 6.13. The van der Waals surface area contributed by atoms with Gasteiger partial charge in [-0.3, -0.25) is 14.5 Å². The van der Waals surface area contributed by atoms with Crippen molar-refractivity contribution in [2.45, 2.75) is 26.1 Å². The van der Waals surface area contributed by atoms with E-state index in [4.69, 9.17) is 4.74 Å². The topological polar surface area (TPSA) is 78.1 Å². The molecule has 0 atom stereocenters. The number of hydrogen-bond acceptors (Lipinski definition) is 5. The van der Waals surface area contributed by atoms with Crippen LogP contribution in [0, 0.1) is 6.92 Å². The summed E-state index contributed by atoms with van der Waals surface area (Å²) in [5, 5.41) is 4.47. The van der Waals surface area contributed by atoms with E-state index in [1.807, 2.05) is 23.6 Å². The molecule has 0 bridgehead atoms. The molecule has 3 aromatic heterocycles. The summed E-state index contributed by atoms with van der Waals surface area (Å²) in [7, 11) is 3.03. The zero-order chi connectivity index (χ0) is 28.2. The zero-order valence-corrected chi connectivity index (χ0v) is 22.0. The molecule has 0 aliphatic carbocycles. The Labute approximate surface area is 227 Å². The van der Waals surface area contributed by atoms with E-state index in [1.165, 1.54) is 13.2 Å². The Morgan fingerprint density at radius 2 is 1.82 bits per heavy atom. The van der Waals surface area contributed by atoms with Crippen LogP contribution in [0.1, 0.15) is 33.0 Å². The number of fused-ring (bicyclic) bond motifs is 2. The Morgan fingerprint density at radius 1 is 1.02 bits per heavy atom. The highest BCUT2D eigenvalue weighted by Gasteiger charge is 2.39. The molecule has 5 aromatic rings. The van der Waals surface area contributed by atoms with Crippen molar-refractivity contribution in [3.8, 4) is 16.9 Å². The van der Waals surface area contributed by atoms with E-state index in [0.717, 1.165) is 15.9 Å². The van der Waals surface area contributed by atoms with E-state index < -0.39 is 11.9 Å². The highest BCUT2D eigenvalue weighted by Crippen LogP contribution is 2.41. The van der Waals surface area contributed by atoms with Crippen LogP contribution in [-0.4, -0.2) is 43.9 Å². The maximum Gasteiger partial charge on any atom is 0.435 e. The number of carbonyl (C=O) groups is 1. The second-order valence-corrected chi connectivity index (χ2v) is 9.75. The van der Waals surface area contributed by atoms with Crippen LogP contribution in [0.5, 0.6) is 5.75 Å². The molecule has 204 valence electrons. The van der Waals surface area contributed by atoms with Crippen LogP contribution in [0.2, 0.25) is 0 Å². The number of aromatic nitrogens is 5. The van der Waals surface area contributed by atoms with E-state index >= 15 is 0 Å². The predicted octanol–water partition coefficient (Wildman–Crippen LogP) is 5.42. The monoisotopic (exact) mass is 546 g/mol. The molecule has 2 aromatic carbocycles. The number of alkyl halides is 3. The Kier molecular flexibility index (Phi) is 6.09. The van der Waals surface area contributed by atoms with Gasteiger partial charge in [-0.25, -0.2) is 4.98 Å². The largest absolute Gasteiger partial charge is 0.497 e. The fourth-order valence-corrected chi connectivity index (χ4v) is 5.36. The quantitative estimate of drug-likeness (QED) is 0.294. The first kappa shape index (κ1) is 25.6. The number of aryl methyl sites for hydroxylation is 2. The van der Waals surface area contributed by atoms with Gasteiger partial charge >= 0.3 is 6.18 Å². The molecule has 0 unspecified atom stereocenters. The van der Waals surface area contributed by atoms with Crippen molar-refractivity contribution in [2.24, 2.45) is 7.05 Å². The summed E-state index contributed by atoms with van der Waals surface area (Å²) in [6.07, 6.45) is 2.17. The molecule has 1 amide bonds. The van der Waals surface area contributed by atoms with Crippen molar-refractivity contribution in [3.05, 3.63) is 89.4 Å². The maximum absolute atomic E-state index is 14.1. The first-order valence-electron chi connectivity index (χ1n) is 12.6. The summed E-state index contributed by atoms with van der Waals surface area (Å²) in [5.41, 5.74) is 2.32. The first-order chi connectivity index (χ1) is 19.1. The number of benzene rings is 2. The van der Waals surface area contributed by atoms with Crippen molar-refractivity contribution >= 4 is 22.5 Å². The molecular weight excluding hydrogens is 521 g/mol. The van der Waals surface area contributed by atoms with Crippen molar-refractivity contribution < 1.29 is 22.7 Å². The zero-order valence-electron chi connectivity index (χ0n) is 22.0. The number of carbonyl (C=O) groups excluding carboxylic acids is 1.